The van der Waals surface area contributed by atoms with Crippen LogP contribution >= 0.6 is 0 Å². The minimum absolute atomic E-state index is 0.0292. The molecule has 2 rings (SSSR count). The molecule has 1 saturated carbocycles. The number of carboxylic acids is 1. The quantitative estimate of drug-likeness (QED) is 0.759. The van der Waals surface area contributed by atoms with Crippen LogP contribution < -0.4 is 0 Å². The first-order valence-electron chi connectivity index (χ1n) is 4.43. The third kappa shape index (κ3) is 1.71. The zero-order valence-corrected chi connectivity index (χ0v) is 7.53. The predicted octanol–water partition coefficient (Wildman–Crippen LogP) is 1.15. The van der Waals surface area contributed by atoms with Gasteiger partial charge >= 0.3 is 5.97 Å². The molecule has 1 fully saturated rings. The lowest BCUT2D eigenvalue weighted by Crippen LogP contribution is -2.11. The van der Waals surface area contributed by atoms with E-state index in [1.807, 2.05) is 13.0 Å². The van der Waals surface area contributed by atoms with Crippen molar-refractivity contribution >= 4 is 5.97 Å². The van der Waals surface area contributed by atoms with Crippen LogP contribution in [0.15, 0.2) is 6.07 Å². The first-order valence-corrected chi connectivity index (χ1v) is 4.43. The lowest BCUT2D eigenvalue weighted by atomic mass is 10.3. The summed E-state index contributed by atoms with van der Waals surface area (Å²) in [5.41, 5.74) is 1.99. The van der Waals surface area contributed by atoms with Gasteiger partial charge in [0, 0.05) is 11.6 Å². The molecule has 0 amide bonds. The Bertz CT molecular complexity index is 339. The van der Waals surface area contributed by atoms with Crippen LogP contribution in [0.3, 0.4) is 0 Å². The van der Waals surface area contributed by atoms with Gasteiger partial charge in [0.25, 0.3) is 0 Å². The first kappa shape index (κ1) is 8.29. The van der Waals surface area contributed by atoms with E-state index in [9.17, 15) is 4.79 Å². The van der Waals surface area contributed by atoms with Gasteiger partial charge in [-0.25, -0.2) is 0 Å². The van der Waals surface area contributed by atoms with Crippen molar-refractivity contribution in [3.05, 3.63) is 17.5 Å². The van der Waals surface area contributed by atoms with Gasteiger partial charge in [0.15, 0.2) is 0 Å². The molecule has 0 unspecified atom stereocenters. The maximum absolute atomic E-state index is 10.5. The standard InChI is InChI=1S/C9H12N2O2/c1-6-4-8(7-2-3-7)10-11(6)5-9(12)13/h4,7H,2-3,5H2,1H3,(H,12,13). The number of aryl methyl sites for hydroxylation is 1. The van der Waals surface area contributed by atoms with Gasteiger partial charge in [-0.05, 0) is 25.8 Å². The summed E-state index contributed by atoms with van der Waals surface area (Å²) in [7, 11) is 0. The van der Waals surface area contributed by atoms with Gasteiger partial charge in [-0.15, -0.1) is 0 Å². The van der Waals surface area contributed by atoms with E-state index in [1.165, 1.54) is 12.8 Å². The molecule has 0 aromatic carbocycles. The van der Waals surface area contributed by atoms with Gasteiger partial charge in [0.05, 0.1) is 5.69 Å². The Kier molecular flexibility index (Phi) is 1.83. The largest absolute Gasteiger partial charge is 0.480 e. The van der Waals surface area contributed by atoms with Gasteiger partial charge in [0.2, 0.25) is 0 Å². The van der Waals surface area contributed by atoms with Crippen molar-refractivity contribution in [3.8, 4) is 0 Å². The molecule has 1 heterocycles. The van der Waals surface area contributed by atoms with E-state index in [0.29, 0.717) is 5.92 Å². The highest BCUT2D eigenvalue weighted by Gasteiger charge is 2.26. The number of nitrogens with zero attached hydrogens (tertiary/aromatic N) is 2. The van der Waals surface area contributed by atoms with E-state index in [0.717, 1.165) is 11.4 Å². The topological polar surface area (TPSA) is 55.1 Å². The number of aliphatic carboxylic acids is 1. The number of rotatable bonds is 3. The molecule has 1 aromatic heterocycles. The maximum atomic E-state index is 10.5. The summed E-state index contributed by atoms with van der Waals surface area (Å²) >= 11 is 0. The molecule has 4 nitrogen and oxygen atoms in total. The lowest BCUT2D eigenvalue weighted by molar-refractivity contribution is -0.137. The van der Waals surface area contributed by atoms with Crippen LogP contribution in [0.4, 0.5) is 0 Å². The molecule has 70 valence electrons. The third-order valence-electron chi connectivity index (χ3n) is 2.28. The Hall–Kier alpha value is -1.32. The maximum Gasteiger partial charge on any atom is 0.325 e. The molecule has 0 saturated heterocycles. The second kappa shape index (κ2) is 2.87. The summed E-state index contributed by atoms with van der Waals surface area (Å²) in [5, 5.41) is 12.8. The molecule has 4 heteroatoms. The fraction of sp³-hybridized carbons (Fsp3) is 0.556. The predicted molar refractivity (Wildman–Crippen MR) is 46.6 cm³/mol. The molecule has 1 aromatic rings. The molecular formula is C9H12N2O2. The monoisotopic (exact) mass is 180 g/mol. The highest BCUT2D eigenvalue weighted by Crippen LogP contribution is 2.39. The Morgan fingerprint density at radius 2 is 2.46 bits per heavy atom. The van der Waals surface area contributed by atoms with Crippen molar-refractivity contribution in [1.82, 2.24) is 9.78 Å². The summed E-state index contributed by atoms with van der Waals surface area (Å²) < 4.78 is 1.55. The van der Waals surface area contributed by atoms with E-state index in [4.69, 9.17) is 5.11 Å². The van der Waals surface area contributed by atoms with Gasteiger partial charge in [-0.2, -0.15) is 5.10 Å². The van der Waals surface area contributed by atoms with E-state index in [1.54, 1.807) is 4.68 Å². The van der Waals surface area contributed by atoms with Gasteiger partial charge < -0.3 is 5.11 Å². The number of carboxylic acid groups (broad SMARTS) is 1. The molecular weight excluding hydrogens is 168 g/mol. The summed E-state index contributed by atoms with van der Waals surface area (Å²) in [4.78, 5) is 10.5. The van der Waals surface area contributed by atoms with Gasteiger partial charge in [0.1, 0.15) is 6.54 Å². The summed E-state index contributed by atoms with van der Waals surface area (Å²) in [6, 6.07) is 1.99. The average Bonchev–Trinajstić information content (AvgIpc) is 2.79. The minimum atomic E-state index is -0.839. The molecule has 1 aliphatic rings. The minimum Gasteiger partial charge on any atom is -0.480 e. The zero-order chi connectivity index (χ0) is 9.42. The molecule has 1 aliphatic carbocycles. The van der Waals surface area contributed by atoms with Crippen LogP contribution in [-0.4, -0.2) is 20.9 Å². The molecule has 0 bridgehead atoms. The van der Waals surface area contributed by atoms with Crippen LogP contribution in [0.2, 0.25) is 0 Å². The van der Waals surface area contributed by atoms with E-state index in [-0.39, 0.29) is 6.54 Å². The van der Waals surface area contributed by atoms with Crippen molar-refractivity contribution < 1.29 is 9.90 Å². The van der Waals surface area contributed by atoms with Crippen LogP contribution in [0.25, 0.3) is 0 Å². The Balaban J connectivity index is 2.19. The molecule has 1 N–H and O–H groups in total. The highest BCUT2D eigenvalue weighted by molar-refractivity contribution is 5.66. The Morgan fingerprint density at radius 1 is 1.77 bits per heavy atom. The molecule has 0 aliphatic heterocycles. The van der Waals surface area contributed by atoms with Gasteiger partial charge in [-0.1, -0.05) is 0 Å². The highest BCUT2D eigenvalue weighted by atomic mass is 16.4. The first-order chi connectivity index (χ1) is 6.16. The number of aromatic nitrogens is 2. The Morgan fingerprint density at radius 3 is 3.00 bits per heavy atom. The van der Waals surface area contributed by atoms with Crippen molar-refractivity contribution in [2.24, 2.45) is 0 Å². The van der Waals surface area contributed by atoms with E-state index >= 15 is 0 Å². The second-order valence-electron chi connectivity index (χ2n) is 3.54. The Labute approximate surface area is 76.2 Å². The van der Waals surface area contributed by atoms with Crippen LogP contribution in [0.5, 0.6) is 0 Å². The molecule has 0 atom stereocenters. The number of hydrogen-bond donors (Lipinski definition) is 1. The lowest BCUT2D eigenvalue weighted by Gasteiger charge is -1.97. The summed E-state index contributed by atoms with van der Waals surface area (Å²) in [5.74, 6) is -0.248. The molecule has 0 spiro atoms. The average molecular weight is 180 g/mol. The zero-order valence-electron chi connectivity index (χ0n) is 7.53. The number of carbonyl (C=O) groups is 1. The van der Waals surface area contributed by atoms with Crippen molar-refractivity contribution in [2.75, 3.05) is 0 Å². The number of hydrogen-bond acceptors (Lipinski definition) is 2. The second-order valence-corrected chi connectivity index (χ2v) is 3.54. The molecule has 13 heavy (non-hydrogen) atoms. The van der Waals surface area contributed by atoms with E-state index < -0.39 is 5.97 Å². The fourth-order valence-corrected chi connectivity index (χ4v) is 1.40. The fourth-order valence-electron chi connectivity index (χ4n) is 1.40. The van der Waals surface area contributed by atoms with Crippen LogP contribution in [-0.2, 0) is 11.3 Å². The summed E-state index contributed by atoms with van der Waals surface area (Å²) in [6.45, 7) is 1.86. The van der Waals surface area contributed by atoms with Crippen molar-refractivity contribution in [2.45, 2.75) is 32.2 Å². The van der Waals surface area contributed by atoms with E-state index in [2.05, 4.69) is 5.10 Å². The SMILES string of the molecule is Cc1cc(C2CC2)nn1CC(=O)O. The van der Waals surface area contributed by atoms with Crippen molar-refractivity contribution in [1.29, 1.82) is 0 Å². The van der Waals surface area contributed by atoms with Crippen LogP contribution in [0, 0.1) is 6.92 Å². The molecule has 0 radical (unpaired) electrons. The smallest absolute Gasteiger partial charge is 0.325 e. The van der Waals surface area contributed by atoms with Gasteiger partial charge in [-0.3, -0.25) is 9.48 Å². The summed E-state index contributed by atoms with van der Waals surface area (Å²) in [6.07, 6.45) is 2.40. The van der Waals surface area contributed by atoms with Crippen LogP contribution in [0.1, 0.15) is 30.1 Å². The third-order valence-corrected chi connectivity index (χ3v) is 2.28. The normalized spacial score (nSPS) is 16.1. The van der Waals surface area contributed by atoms with Crippen molar-refractivity contribution in [3.63, 3.8) is 0 Å².